The van der Waals surface area contributed by atoms with E-state index in [1.807, 2.05) is 0 Å². The Bertz CT molecular complexity index is 755. The highest BCUT2D eigenvalue weighted by molar-refractivity contribution is 9.10. The van der Waals surface area contributed by atoms with Crippen molar-refractivity contribution in [3.05, 3.63) is 26.9 Å². The molecule has 0 bridgehead atoms. The number of hydrazine groups is 1. The number of H-pyrrole nitrogens is 1. The molecule has 0 saturated carbocycles. The second-order valence-corrected chi connectivity index (χ2v) is 6.66. The van der Waals surface area contributed by atoms with Gasteiger partial charge in [0.15, 0.2) is 10.8 Å². The molecule has 24 heavy (non-hydrogen) atoms. The number of carbonyl (C=O) groups excluding carboxylic acids is 2. The lowest BCUT2D eigenvalue weighted by Gasteiger charge is -2.25. The molecular weight excluding hydrogens is 400 g/mol. The molecule has 1 fully saturated rings. The zero-order chi connectivity index (χ0) is 17.1. The van der Waals surface area contributed by atoms with Crippen LogP contribution in [0.15, 0.2) is 9.85 Å². The number of carbonyl (C=O) groups is 2. The van der Waals surface area contributed by atoms with Gasteiger partial charge in [-0.3, -0.25) is 25.5 Å². The Kier molecular flexibility index (Phi) is 5.11. The fourth-order valence-corrected chi connectivity index (χ4v) is 3.29. The van der Waals surface area contributed by atoms with Crippen LogP contribution < -0.4 is 15.8 Å². The molecule has 0 radical (unpaired) electrons. The van der Waals surface area contributed by atoms with Gasteiger partial charge in [-0.1, -0.05) is 0 Å². The molecule has 3 heterocycles. The van der Waals surface area contributed by atoms with Crippen LogP contribution in [0.3, 0.4) is 0 Å². The molecule has 128 valence electrons. The summed E-state index contributed by atoms with van der Waals surface area (Å²) in [5.41, 5.74) is 5.80. The Morgan fingerprint density at radius 1 is 1.33 bits per heavy atom. The van der Waals surface area contributed by atoms with Crippen LogP contribution in [0.25, 0.3) is 0 Å². The number of aromatic amines is 1. The van der Waals surface area contributed by atoms with E-state index < -0.39 is 11.8 Å². The van der Waals surface area contributed by atoms with Gasteiger partial charge in [0.2, 0.25) is 0 Å². The summed E-state index contributed by atoms with van der Waals surface area (Å²) in [4.78, 5) is 30.5. The molecule has 1 saturated heterocycles. The van der Waals surface area contributed by atoms with E-state index in [9.17, 15) is 9.59 Å². The number of halogens is 1. The lowest BCUT2D eigenvalue weighted by atomic mass is 10.3. The minimum absolute atomic E-state index is 0.167. The molecule has 11 heteroatoms. The van der Waals surface area contributed by atoms with Crippen molar-refractivity contribution in [2.24, 2.45) is 0 Å². The van der Waals surface area contributed by atoms with Crippen LogP contribution >= 0.6 is 27.3 Å². The van der Waals surface area contributed by atoms with Crippen molar-refractivity contribution in [3.63, 3.8) is 0 Å². The number of nitrogens with one attached hydrogen (secondary N) is 3. The van der Waals surface area contributed by atoms with E-state index in [4.69, 9.17) is 4.74 Å². The predicted molar refractivity (Wildman–Crippen MR) is 91.1 cm³/mol. The molecule has 2 aromatic rings. The number of hydrogen-bond donors (Lipinski definition) is 3. The monoisotopic (exact) mass is 414 g/mol. The van der Waals surface area contributed by atoms with E-state index in [-0.39, 0.29) is 11.4 Å². The van der Waals surface area contributed by atoms with Gasteiger partial charge in [-0.2, -0.15) is 5.10 Å². The minimum Gasteiger partial charge on any atom is -0.378 e. The summed E-state index contributed by atoms with van der Waals surface area (Å²) in [6.07, 6.45) is 0. The molecular formula is C13H15BrN6O3S. The minimum atomic E-state index is -0.525. The van der Waals surface area contributed by atoms with Gasteiger partial charge in [0.1, 0.15) is 5.69 Å². The van der Waals surface area contributed by atoms with Gasteiger partial charge in [-0.05, 0) is 22.9 Å². The van der Waals surface area contributed by atoms with E-state index in [1.54, 1.807) is 12.3 Å². The van der Waals surface area contributed by atoms with E-state index in [0.717, 1.165) is 23.9 Å². The van der Waals surface area contributed by atoms with Crippen LogP contribution in [-0.4, -0.2) is 53.3 Å². The third-order valence-electron chi connectivity index (χ3n) is 3.38. The first-order valence-corrected chi connectivity index (χ1v) is 8.83. The Balaban J connectivity index is 1.58. The molecule has 3 rings (SSSR count). The highest BCUT2D eigenvalue weighted by Crippen LogP contribution is 2.21. The summed E-state index contributed by atoms with van der Waals surface area (Å²) in [6, 6.07) is 0. The number of nitrogens with zero attached hydrogens (tertiary/aromatic N) is 3. The normalized spacial score (nSPS) is 14.5. The first-order valence-electron chi connectivity index (χ1n) is 7.15. The molecule has 9 nitrogen and oxygen atoms in total. The Morgan fingerprint density at radius 2 is 2.04 bits per heavy atom. The summed E-state index contributed by atoms with van der Waals surface area (Å²) < 4.78 is 5.84. The molecule has 0 atom stereocenters. The summed E-state index contributed by atoms with van der Waals surface area (Å²) in [5.74, 6) is -1.01. The maximum atomic E-state index is 12.1. The number of amides is 2. The lowest BCUT2D eigenvalue weighted by molar-refractivity contribution is 0.0841. The Hall–Kier alpha value is -1.98. The molecule has 1 aliphatic rings. The number of ether oxygens (including phenoxy) is 1. The van der Waals surface area contributed by atoms with Crippen molar-refractivity contribution in [3.8, 4) is 0 Å². The first kappa shape index (κ1) is 16.9. The molecule has 3 N–H and O–H groups in total. The maximum Gasteiger partial charge on any atom is 0.291 e. The summed E-state index contributed by atoms with van der Waals surface area (Å²) in [6.45, 7) is 4.56. The van der Waals surface area contributed by atoms with E-state index in [2.05, 4.69) is 46.9 Å². The number of anilines is 1. The summed E-state index contributed by atoms with van der Waals surface area (Å²) in [7, 11) is 0. The number of morpholine rings is 1. The number of aromatic nitrogens is 3. The van der Waals surface area contributed by atoms with Crippen LogP contribution in [0.5, 0.6) is 0 Å². The SMILES string of the molecule is Cc1[nH]nc(C(=O)NNC(=O)c2csc(N3CCOCC3)n2)c1Br. The van der Waals surface area contributed by atoms with Gasteiger partial charge in [0.05, 0.1) is 17.7 Å². The van der Waals surface area contributed by atoms with E-state index in [0.29, 0.717) is 17.7 Å². The molecule has 2 aromatic heterocycles. The zero-order valence-electron chi connectivity index (χ0n) is 12.8. The van der Waals surface area contributed by atoms with E-state index >= 15 is 0 Å². The second-order valence-electron chi connectivity index (χ2n) is 5.03. The van der Waals surface area contributed by atoms with Crippen LogP contribution in [0.1, 0.15) is 26.7 Å². The van der Waals surface area contributed by atoms with Crippen molar-refractivity contribution in [2.75, 3.05) is 31.2 Å². The maximum absolute atomic E-state index is 12.1. The zero-order valence-corrected chi connectivity index (χ0v) is 15.2. The molecule has 0 aromatic carbocycles. The quantitative estimate of drug-likeness (QED) is 0.641. The standard InChI is InChI=1S/C13H15BrN6O3S/c1-7-9(14)10(17-16-7)12(22)19-18-11(21)8-6-24-13(15-8)20-2-4-23-5-3-20/h6H,2-5H2,1H3,(H,16,17)(H,18,21)(H,19,22). The number of rotatable bonds is 3. The van der Waals surface area contributed by atoms with Gasteiger partial charge in [0, 0.05) is 24.2 Å². The highest BCUT2D eigenvalue weighted by atomic mass is 79.9. The third-order valence-corrected chi connectivity index (χ3v) is 5.26. The average Bonchev–Trinajstić information content (AvgIpc) is 3.21. The van der Waals surface area contributed by atoms with Crippen molar-refractivity contribution < 1.29 is 14.3 Å². The van der Waals surface area contributed by atoms with Gasteiger partial charge in [-0.25, -0.2) is 4.98 Å². The molecule has 0 spiro atoms. The molecule has 1 aliphatic heterocycles. The van der Waals surface area contributed by atoms with Crippen LogP contribution in [-0.2, 0) is 4.74 Å². The van der Waals surface area contributed by atoms with E-state index in [1.165, 1.54) is 11.3 Å². The number of aryl methyl sites for hydroxylation is 1. The second kappa shape index (κ2) is 7.28. The van der Waals surface area contributed by atoms with Crippen LogP contribution in [0.2, 0.25) is 0 Å². The molecule has 0 aliphatic carbocycles. The predicted octanol–water partition coefficient (Wildman–Crippen LogP) is 0.849. The Labute approximate surface area is 149 Å². The van der Waals surface area contributed by atoms with Gasteiger partial charge in [0.25, 0.3) is 11.8 Å². The smallest absolute Gasteiger partial charge is 0.291 e. The highest BCUT2D eigenvalue weighted by Gasteiger charge is 2.19. The van der Waals surface area contributed by atoms with Crippen molar-refractivity contribution in [2.45, 2.75) is 6.92 Å². The fourth-order valence-electron chi connectivity index (χ4n) is 2.07. The van der Waals surface area contributed by atoms with Gasteiger partial charge >= 0.3 is 0 Å². The number of thiazole rings is 1. The summed E-state index contributed by atoms with van der Waals surface area (Å²) in [5, 5.41) is 8.96. The molecule has 2 amide bonds. The van der Waals surface area contributed by atoms with Gasteiger partial charge < -0.3 is 9.64 Å². The topological polar surface area (TPSA) is 112 Å². The summed E-state index contributed by atoms with van der Waals surface area (Å²) >= 11 is 4.64. The fraction of sp³-hybridized carbons (Fsp3) is 0.385. The van der Waals surface area contributed by atoms with Crippen molar-refractivity contribution in [1.82, 2.24) is 26.0 Å². The lowest BCUT2D eigenvalue weighted by Crippen LogP contribution is -2.42. The largest absolute Gasteiger partial charge is 0.378 e. The Morgan fingerprint density at radius 3 is 2.71 bits per heavy atom. The third kappa shape index (κ3) is 3.57. The van der Waals surface area contributed by atoms with Gasteiger partial charge in [-0.15, -0.1) is 11.3 Å². The van der Waals surface area contributed by atoms with Crippen LogP contribution in [0, 0.1) is 6.92 Å². The molecule has 0 unspecified atom stereocenters. The first-order chi connectivity index (χ1) is 11.6. The van der Waals surface area contributed by atoms with Crippen molar-refractivity contribution >= 4 is 44.2 Å². The van der Waals surface area contributed by atoms with Crippen LogP contribution in [0.4, 0.5) is 5.13 Å². The number of hydrogen-bond acceptors (Lipinski definition) is 7. The van der Waals surface area contributed by atoms with Crippen molar-refractivity contribution in [1.29, 1.82) is 0 Å². The average molecular weight is 415 g/mol.